The molecule has 0 aliphatic rings. The Kier molecular flexibility index (Phi) is 5.21. The molecule has 2 aromatic carbocycles. The van der Waals surface area contributed by atoms with Crippen LogP contribution in [0, 0.1) is 0 Å². The molecule has 0 radical (unpaired) electrons. The van der Waals surface area contributed by atoms with Crippen molar-refractivity contribution < 1.29 is 9.53 Å². The molecule has 128 valence electrons. The van der Waals surface area contributed by atoms with Gasteiger partial charge in [-0.25, -0.2) is 0 Å². The number of ether oxygens (including phenoxy) is 1. The van der Waals surface area contributed by atoms with Crippen LogP contribution in [-0.4, -0.2) is 10.3 Å². The molecule has 0 fully saturated rings. The highest BCUT2D eigenvalue weighted by Crippen LogP contribution is 2.24. The van der Waals surface area contributed by atoms with Gasteiger partial charge < -0.3 is 10.1 Å². The second-order valence-electron chi connectivity index (χ2n) is 5.36. The number of aromatic nitrogens is 1. The highest BCUT2D eigenvalue weighted by molar-refractivity contribution is 7.08. The summed E-state index contributed by atoms with van der Waals surface area (Å²) in [4.78, 5) is 23.7. The van der Waals surface area contributed by atoms with Gasteiger partial charge in [0.15, 0.2) is 0 Å². The molecule has 7 heteroatoms. The van der Waals surface area contributed by atoms with Crippen molar-refractivity contribution in [1.29, 1.82) is 0 Å². The number of benzene rings is 2. The number of halogens is 1. The van der Waals surface area contributed by atoms with Crippen molar-refractivity contribution in [2.75, 3.05) is 0 Å². The van der Waals surface area contributed by atoms with Gasteiger partial charge in [-0.2, -0.15) is 0 Å². The van der Waals surface area contributed by atoms with Gasteiger partial charge in [-0.05, 0) is 36.8 Å². The highest BCUT2D eigenvalue weighted by atomic mass is 35.5. The molecule has 1 aromatic heterocycles. The number of rotatable bonds is 5. The van der Waals surface area contributed by atoms with Gasteiger partial charge in [0.2, 0.25) is 0 Å². The minimum Gasteiger partial charge on any atom is -0.457 e. The SMILES string of the molecule is C[C@H](NC(=O)c1s[nH]c(=O)c1Cl)c1ccc(Oc2ccccc2)cc1. The predicted molar refractivity (Wildman–Crippen MR) is 98.8 cm³/mol. The maximum Gasteiger partial charge on any atom is 0.277 e. The van der Waals surface area contributed by atoms with Gasteiger partial charge in [0.1, 0.15) is 21.4 Å². The van der Waals surface area contributed by atoms with Crippen LogP contribution in [0.25, 0.3) is 0 Å². The first kappa shape index (κ1) is 17.3. The van der Waals surface area contributed by atoms with E-state index in [0.29, 0.717) is 5.75 Å². The van der Waals surface area contributed by atoms with Gasteiger partial charge in [0.05, 0.1) is 6.04 Å². The minimum atomic E-state index is -0.452. The Morgan fingerprint density at radius 1 is 1.12 bits per heavy atom. The molecule has 1 heterocycles. The van der Waals surface area contributed by atoms with Crippen molar-refractivity contribution in [3.05, 3.63) is 80.4 Å². The summed E-state index contributed by atoms with van der Waals surface area (Å²) in [5.74, 6) is 1.08. The lowest BCUT2D eigenvalue weighted by Gasteiger charge is -2.14. The first-order valence-electron chi connectivity index (χ1n) is 7.55. The molecule has 0 saturated heterocycles. The lowest BCUT2D eigenvalue weighted by Crippen LogP contribution is -2.26. The number of H-pyrrole nitrogens is 1. The minimum absolute atomic E-state index is 0.0821. The van der Waals surface area contributed by atoms with Crippen molar-refractivity contribution >= 4 is 29.0 Å². The zero-order valence-electron chi connectivity index (χ0n) is 13.3. The molecule has 0 unspecified atom stereocenters. The second kappa shape index (κ2) is 7.55. The predicted octanol–water partition coefficient (Wildman–Crippen LogP) is 4.37. The normalized spacial score (nSPS) is 11.8. The maximum absolute atomic E-state index is 12.2. The zero-order valence-corrected chi connectivity index (χ0v) is 14.9. The van der Waals surface area contributed by atoms with E-state index in [1.807, 2.05) is 61.5 Å². The Hall–Kier alpha value is -2.57. The van der Waals surface area contributed by atoms with Crippen LogP contribution < -0.4 is 15.6 Å². The maximum atomic E-state index is 12.2. The number of carbonyl (C=O) groups is 1. The van der Waals surface area contributed by atoms with E-state index < -0.39 is 5.56 Å². The summed E-state index contributed by atoms with van der Waals surface area (Å²) in [6, 6.07) is 16.7. The Bertz CT molecular complexity index is 919. The van der Waals surface area contributed by atoms with Crippen molar-refractivity contribution in [2.45, 2.75) is 13.0 Å². The third kappa shape index (κ3) is 4.10. The zero-order chi connectivity index (χ0) is 17.8. The lowest BCUT2D eigenvalue weighted by molar-refractivity contribution is 0.0944. The molecular weight excluding hydrogens is 360 g/mol. The van der Waals surface area contributed by atoms with E-state index in [4.69, 9.17) is 16.3 Å². The molecule has 5 nitrogen and oxygen atoms in total. The third-order valence-electron chi connectivity index (χ3n) is 3.56. The number of hydrogen-bond acceptors (Lipinski definition) is 4. The molecule has 3 rings (SSSR count). The highest BCUT2D eigenvalue weighted by Gasteiger charge is 2.18. The second-order valence-corrected chi connectivity index (χ2v) is 6.55. The van der Waals surface area contributed by atoms with Gasteiger partial charge in [0, 0.05) is 0 Å². The number of aromatic amines is 1. The monoisotopic (exact) mass is 374 g/mol. The Balaban J connectivity index is 1.66. The van der Waals surface area contributed by atoms with E-state index in [-0.39, 0.29) is 21.8 Å². The summed E-state index contributed by atoms with van der Waals surface area (Å²) in [6.45, 7) is 1.86. The van der Waals surface area contributed by atoms with E-state index >= 15 is 0 Å². The summed E-state index contributed by atoms with van der Waals surface area (Å²) in [5.41, 5.74) is 0.458. The van der Waals surface area contributed by atoms with Crippen LogP contribution >= 0.6 is 23.1 Å². The van der Waals surface area contributed by atoms with Crippen LogP contribution in [0.4, 0.5) is 0 Å². The van der Waals surface area contributed by atoms with Crippen molar-refractivity contribution in [3.8, 4) is 11.5 Å². The average Bonchev–Trinajstić information content (AvgIpc) is 2.95. The molecule has 0 saturated carbocycles. The fourth-order valence-corrected chi connectivity index (χ4v) is 3.17. The molecule has 3 aromatic rings. The van der Waals surface area contributed by atoms with Gasteiger partial charge in [0.25, 0.3) is 11.5 Å². The van der Waals surface area contributed by atoms with E-state index in [1.54, 1.807) is 0 Å². The molecule has 2 N–H and O–H groups in total. The van der Waals surface area contributed by atoms with E-state index in [0.717, 1.165) is 22.8 Å². The Morgan fingerprint density at radius 2 is 1.76 bits per heavy atom. The van der Waals surface area contributed by atoms with Crippen molar-refractivity contribution in [1.82, 2.24) is 9.69 Å². The van der Waals surface area contributed by atoms with Crippen LogP contribution in [0.5, 0.6) is 11.5 Å². The number of nitrogens with one attached hydrogen (secondary N) is 2. The molecule has 0 spiro atoms. The van der Waals surface area contributed by atoms with Crippen LogP contribution in [0.2, 0.25) is 5.02 Å². The lowest BCUT2D eigenvalue weighted by atomic mass is 10.1. The molecule has 0 aliphatic carbocycles. The molecule has 25 heavy (non-hydrogen) atoms. The fraction of sp³-hybridized carbons (Fsp3) is 0.111. The van der Waals surface area contributed by atoms with Crippen molar-refractivity contribution in [2.24, 2.45) is 0 Å². The molecule has 0 aliphatic heterocycles. The largest absolute Gasteiger partial charge is 0.457 e. The first-order valence-corrected chi connectivity index (χ1v) is 8.74. The number of hydrogen-bond donors (Lipinski definition) is 2. The Morgan fingerprint density at radius 3 is 2.36 bits per heavy atom. The quantitative estimate of drug-likeness (QED) is 0.696. The smallest absolute Gasteiger partial charge is 0.277 e. The van der Waals surface area contributed by atoms with Crippen LogP contribution in [0.3, 0.4) is 0 Å². The molecule has 1 amide bonds. The number of amides is 1. The van der Waals surface area contributed by atoms with Gasteiger partial charge in [-0.1, -0.05) is 53.5 Å². The summed E-state index contributed by atoms with van der Waals surface area (Å²) in [7, 11) is 0. The molecule has 1 atom stereocenters. The van der Waals surface area contributed by atoms with E-state index in [9.17, 15) is 9.59 Å². The molecular formula is C18H15ClN2O3S. The summed E-state index contributed by atoms with van der Waals surface area (Å²) in [5, 5.41) is 2.74. The topological polar surface area (TPSA) is 71.2 Å². The van der Waals surface area contributed by atoms with E-state index in [1.165, 1.54) is 0 Å². The van der Waals surface area contributed by atoms with Crippen LogP contribution in [0.15, 0.2) is 59.4 Å². The van der Waals surface area contributed by atoms with Gasteiger partial charge in [-0.3, -0.25) is 14.0 Å². The third-order valence-corrected chi connectivity index (χ3v) is 4.91. The molecule has 0 bridgehead atoms. The van der Waals surface area contributed by atoms with Crippen LogP contribution in [0.1, 0.15) is 28.2 Å². The van der Waals surface area contributed by atoms with Crippen LogP contribution in [-0.2, 0) is 0 Å². The number of carbonyl (C=O) groups excluding carboxylic acids is 1. The van der Waals surface area contributed by atoms with Crippen molar-refractivity contribution in [3.63, 3.8) is 0 Å². The summed E-state index contributed by atoms with van der Waals surface area (Å²) in [6.07, 6.45) is 0. The van der Waals surface area contributed by atoms with E-state index in [2.05, 4.69) is 9.69 Å². The average molecular weight is 375 g/mol. The number of para-hydroxylation sites is 1. The fourth-order valence-electron chi connectivity index (χ4n) is 2.23. The van der Waals surface area contributed by atoms with Gasteiger partial charge >= 0.3 is 0 Å². The first-order chi connectivity index (χ1) is 12.0. The summed E-state index contributed by atoms with van der Waals surface area (Å²) >= 11 is 6.74. The standard InChI is InChI=1S/C18H15ClN2O3S/c1-11(20-18(23)16-15(19)17(22)21-25-16)12-7-9-14(10-8-12)24-13-5-3-2-4-6-13/h2-11H,1H3,(H,20,23)(H,21,22)/t11-/m0/s1. The summed E-state index contributed by atoms with van der Waals surface area (Å²) < 4.78 is 8.18. The van der Waals surface area contributed by atoms with Gasteiger partial charge in [-0.15, -0.1) is 0 Å². The Labute approximate surface area is 153 Å².